The first kappa shape index (κ1) is 16.8. The van der Waals surface area contributed by atoms with Crippen LogP contribution in [0.5, 0.6) is 0 Å². The van der Waals surface area contributed by atoms with E-state index < -0.39 is 10.8 Å². The summed E-state index contributed by atoms with van der Waals surface area (Å²) in [5, 5.41) is 3.40. The molecule has 0 spiro atoms. The van der Waals surface area contributed by atoms with Gasteiger partial charge in [-0.2, -0.15) is 0 Å². The topological polar surface area (TPSA) is 59.3 Å². The molecule has 2 rings (SSSR count). The van der Waals surface area contributed by atoms with E-state index >= 15 is 0 Å². The molecule has 1 N–H and O–H groups in total. The molecule has 1 atom stereocenters. The highest BCUT2D eigenvalue weighted by Gasteiger charge is 2.13. The SMILES string of the molecule is CC(C)NC(=O)c1ccc(C[S@](=O)Cc2ccc(Cl)cc2)o1. The molecule has 4 nitrogen and oxygen atoms in total. The number of halogens is 1. The molecule has 0 saturated carbocycles. The minimum atomic E-state index is -1.11. The molecule has 0 radical (unpaired) electrons. The van der Waals surface area contributed by atoms with Gasteiger partial charge in [-0.15, -0.1) is 0 Å². The Morgan fingerprint density at radius 2 is 1.86 bits per heavy atom. The molecule has 1 heterocycles. The van der Waals surface area contributed by atoms with Crippen LogP contribution in [0.15, 0.2) is 40.8 Å². The zero-order chi connectivity index (χ0) is 16.1. The van der Waals surface area contributed by atoms with Crippen LogP contribution < -0.4 is 5.32 Å². The number of amides is 1. The molecule has 0 aliphatic carbocycles. The van der Waals surface area contributed by atoms with E-state index in [-0.39, 0.29) is 23.5 Å². The first-order chi connectivity index (χ1) is 10.4. The summed E-state index contributed by atoms with van der Waals surface area (Å²) in [4.78, 5) is 11.8. The van der Waals surface area contributed by atoms with Crippen LogP contribution in [0.2, 0.25) is 5.02 Å². The molecule has 0 saturated heterocycles. The average Bonchev–Trinajstić information content (AvgIpc) is 2.89. The quantitative estimate of drug-likeness (QED) is 0.876. The number of furan rings is 1. The maximum atomic E-state index is 12.1. The van der Waals surface area contributed by atoms with E-state index in [1.54, 1.807) is 24.3 Å². The molecule has 0 bridgehead atoms. The maximum Gasteiger partial charge on any atom is 0.287 e. The molecule has 0 fully saturated rings. The van der Waals surface area contributed by atoms with Gasteiger partial charge in [-0.25, -0.2) is 0 Å². The fourth-order valence-corrected chi connectivity index (χ4v) is 3.15. The second-order valence-electron chi connectivity index (χ2n) is 5.25. The van der Waals surface area contributed by atoms with Gasteiger partial charge < -0.3 is 9.73 Å². The van der Waals surface area contributed by atoms with Crippen molar-refractivity contribution in [3.8, 4) is 0 Å². The van der Waals surface area contributed by atoms with Crippen LogP contribution in [0, 0.1) is 0 Å². The molecule has 1 aromatic heterocycles. The monoisotopic (exact) mass is 339 g/mol. The summed E-state index contributed by atoms with van der Waals surface area (Å²) in [7, 11) is -1.11. The predicted octanol–water partition coefficient (Wildman–Crippen LogP) is 3.52. The number of carbonyl (C=O) groups is 1. The van der Waals surface area contributed by atoms with Gasteiger partial charge in [0.25, 0.3) is 5.91 Å². The normalized spacial score (nSPS) is 12.4. The van der Waals surface area contributed by atoms with Crippen molar-refractivity contribution in [3.05, 3.63) is 58.5 Å². The van der Waals surface area contributed by atoms with Gasteiger partial charge in [-0.3, -0.25) is 9.00 Å². The maximum absolute atomic E-state index is 12.1. The van der Waals surface area contributed by atoms with E-state index in [9.17, 15) is 9.00 Å². The third kappa shape index (κ3) is 5.00. The molecule has 1 aromatic carbocycles. The second kappa shape index (κ2) is 7.61. The Morgan fingerprint density at radius 3 is 2.50 bits per heavy atom. The van der Waals surface area contributed by atoms with Crippen molar-refractivity contribution in [2.75, 3.05) is 0 Å². The molecule has 1 amide bonds. The van der Waals surface area contributed by atoms with Crippen LogP contribution in [0.1, 0.15) is 35.7 Å². The summed E-state index contributed by atoms with van der Waals surface area (Å²) >= 11 is 5.82. The lowest BCUT2D eigenvalue weighted by atomic mass is 10.2. The smallest absolute Gasteiger partial charge is 0.287 e. The third-order valence-electron chi connectivity index (χ3n) is 2.85. The van der Waals surface area contributed by atoms with Gasteiger partial charge in [0.1, 0.15) is 5.76 Å². The minimum absolute atomic E-state index is 0.0417. The highest BCUT2D eigenvalue weighted by molar-refractivity contribution is 7.83. The molecule has 2 aromatic rings. The standard InChI is InChI=1S/C16H18ClNO3S/c1-11(2)18-16(19)15-8-7-14(21-15)10-22(20)9-12-3-5-13(17)6-4-12/h3-8,11H,9-10H2,1-2H3,(H,18,19)/t22-/m1/s1. The Morgan fingerprint density at radius 1 is 1.18 bits per heavy atom. The van der Waals surface area contributed by atoms with Gasteiger partial charge >= 0.3 is 0 Å². The lowest BCUT2D eigenvalue weighted by Gasteiger charge is -2.05. The summed E-state index contributed by atoms with van der Waals surface area (Å²) in [5.41, 5.74) is 0.951. The van der Waals surface area contributed by atoms with Crippen LogP contribution in [-0.4, -0.2) is 16.2 Å². The largest absolute Gasteiger partial charge is 0.455 e. The molecule has 118 valence electrons. The van der Waals surface area contributed by atoms with Gasteiger partial charge in [0.15, 0.2) is 5.76 Å². The van der Waals surface area contributed by atoms with Gasteiger partial charge in [0, 0.05) is 27.6 Å². The van der Waals surface area contributed by atoms with E-state index in [0.717, 1.165) is 5.56 Å². The Labute approximate surface area is 137 Å². The minimum Gasteiger partial charge on any atom is -0.455 e. The van der Waals surface area contributed by atoms with E-state index in [4.69, 9.17) is 16.0 Å². The van der Waals surface area contributed by atoms with Crippen molar-refractivity contribution in [2.24, 2.45) is 0 Å². The summed E-state index contributed by atoms with van der Waals surface area (Å²) in [5.74, 6) is 1.22. The number of hydrogen-bond acceptors (Lipinski definition) is 3. The summed E-state index contributed by atoms with van der Waals surface area (Å²) in [6, 6.07) is 10.6. The Balaban J connectivity index is 1.93. The molecule has 0 aliphatic rings. The van der Waals surface area contributed by atoms with Crippen LogP contribution in [0.25, 0.3) is 0 Å². The van der Waals surface area contributed by atoms with Crippen molar-refractivity contribution in [1.29, 1.82) is 0 Å². The third-order valence-corrected chi connectivity index (χ3v) is 4.36. The zero-order valence-electron chi connectivity index (χ0n) is 12.5. The summed E-state index contributed by atoms with van der Waals surface area (Å²) in [6.07, 6.45) is 0. The van der Waals surface area contributed by atoms with Crippen molar-refractivity contribution in [1.82, 2.24) is 5.32 Å². The Bertz CT molecular complexity index is 664. The van der Waals surface area contributed by atoms with E-state index in [1.165, 1.54) is 0 Å². The Hall–Kier alpha value is -1.59. The number of rotatable bonds is 6. The highest BCUT2D eigenvalue weighted by atomic mass is 35.5. The predicted molar refractivity (Wildman–Crippen MR) is 88.3 cm³/mol. The molecular weight excluding hydrogens is 322 g/mol. The van der Waals surface area contributed by atoms with Crippen molar-refractivity contribution >= 4 is 28.3 Å². The Kier molecular flexibility index (Phi) is 5.80. The molecule has 0 unspecified atom stereocenters. The first-order valence-corrected chi connectivity index (χ1v) is 8.79. The highest BCUT2D eigenvalue weighted by Crippen LogP contribution is 2.15. The number of benzene rings is 1. The van der Waals surface area contributed by atoms with Crippen molar-refractivity contribution in [3.63, 3.8) is 0 Å². The van der Waals surface area contributed by atoms with Gasteiger partial charge in [0.2, 0.25) is 0 Å². The molecule has 0 aliphatic heterocycles. The van der Waals surface area contributed by atoms with Gasteiger partial charge in [-0.1, -0.05) is 23.7 Å². The second-order valence-corrected chi connectivity index (χ2v) is 7.14. The van der Waals surface area contributed by atoms with Gasteiger partial charge in [0.05, 0.1) is 5.75 Å². The first-order valence-electron chi connectivity index (χ1n) is 6.93. The number of nitrogens with one attached hydrogen (secondary N) is 1. The van der Waals surface area contributed by atoms with E-state index in [0.29, 0.717) is 16.5 Å². The van der Waals surface area contributed by atoms with Crippen molar-refractivity contribution in [2.45, 2.75) is 31.4 Å². The fourth-order valence-electron chi connectivity index (χ4n) is 1.89. The van der Waals surface area contributed by atoms with Crippen molar-refractivity contribution < 1.29 is 13.4 Å². The van der Waals surface area contributed by atoms with E-state index in [2.05, 4.69) is 5.32 Å². The van der Waals surface area contributed by atoms with Crippen LogP contribution >= 0.6 is 11.6 Å². The van der Waals surface area contributed by atoms with Crippen LogP contribution in [0.3, 0.4) is 0 Å². The zero-order valence-corrected chi connectivity index (χ0v) is 14.0. The molecule has 22 heavy (non-hydrogen) atoms. The van der Waals surface area contributed by atoms with Crippen LogP contribution in [0.4, 0.5) is 0 Å². The number of hydrogen-bond donors (Lipinski definition) is 1. The molecule has 6 heteroatoms. The van der Waals surface area contributed by atoms with E-state index in [1.807, 2.05) is 26.0 Å². The van der Waals surface area contributed by atoms with Crippen LogP contribution in [-0.2, 0) is 22.3 Å². The fraction of sp³-hybridized carbons (Fsp3) is 0.312. The summed E-state index contributed by atoms with van der Waals surface area (Å²) < 4.78 is 17.6. The average molecular weight is 340 g/mol. The molecular formula is C16H18ClNO3S. The van der Waals surface area contributed by atoms with Gasteiger partial charge in [-0.05, 0) is 43.7 Å². The lowest BCUT2D eigenvalue weighted by Crippen LogP contribution is -2.29. The summed E-state index contributed by atoms with van der Waals surface area (Å²) in [6.45, 7) is 3.76. The lowest BCUT2D eigenvalue weighted by molar-refractivity contribution is 0.0913. The number of carbonyl (C=O) groups excluding carboxylic acids is 1.